The third-order valence-corrected chi connectivity index (χ3v) is 3.44. The molecule has 0 saturated carbocycles. The molecule has 0 saturated heterocycles. The van der Waals surface area contributed by atoms with Crippen molar-refractivity contribution >= 4 is 17.0 Å². The van der Waals surface area contributed by atoms with Crippen molar-refractivity contribution in [3.05, 3.63) is 65.5 Å². The SMILES string of the molecule is NCc1nc2ccc(C(=O)O)cc2n1Cc1ccccc1. The number of benzene rings is 2. The second kappa shape index (κ2) is 5.38. The zero-order valence-corrected chi connectivity index (χ0v) is 11.4. The summed E-state index contributed by atoms with van der Waals surface area (Å²) < 4.78 is 1.97. The molecule has 5 nitrogen and oxygen atoms in total. The van der Waals surface area contributed by atoms with Gasteiger partial charge in [-0.1, -0.05) is 30.3 Å². The van der Waals surface area contributed by atoms with Gasteiger partial charge in [-0.05, 0) is 23.8 Å². The Bertz CT molecular complexity index is 794. The molecule has 0 bridgehead atoms. The van der Waals surface area contributed by atoms with Crippen molar-refractivity contribution in [2.75, 3.05) is 0 Å². The Balaban J connectivity index is 2.14. The first-order valence-electron chi connectivity index (χ1n) is 6.65. The summed E-state index contributed by atoms with van der Waals surface area (Å²) in [5.41, 5.74) is 8.69. The Labute approximate surface area is 121 Å². The van der Waals surface area contributed by atoms with Crippen molar-refractivity contribution in [3.8, 4) is 0 Å². The molecule has 0 aliphatic carbocycles. The lowest BCUT2D eigenvalue weighted by atomic mass is 10.2. The third-order valence-electron chi connectivity index (χ3n) is 3.44. The van der Waals surface area contributed by atoms with Crippen LogP contribution in [0.5, 0.6) is 0 Å². The molecular weight excluding hydrogens is 266 g/mol. The lowest BCUT2D eigenvalue weighted by Gasteiger charge is -2.08. The summed E-state index contributed by atoms with van der Waals surface area (Å²) in [5, 5.41) is 9.13. The largest absolute Gasteiger partial charge is 0.478 e. The summed E-state index contributed by atoms with van der Waals surface area (Å²) in [4.78, 5) is 15.6. The maximum atomic E-state index is 11.1. The number of carbonyl (C=O) groups is 1. The van der Waals surface area contributed by atoms with Gasteiger partial charge in [0, 0.05) is 6.54 Å². The number of fused-ring (bicyclic) bond motifs is 1. The van der Waals surface area contributed by atoms with E-state index in [4.69, 9.17) is 10.8 Å². The average molecular weight is 281 g/mol. The summed E-state index contributed by atoms with van der Waals surface area (Å²) in [6.07, 6.45) is 0. The molecule has 3 rings (SSSR count). The van der Waals surface area contributed by atoms with Crippen LogP contribution in [0.1, 0.15) is 21.7 Å². The van der Waals surface area contributed by atoms with Gasteiger partial charge in [-0.2, -0.15) is 0 Å². The van der Waals surface area contributed by atoms with Crippen molar-refractivity contribution in [1.29, 1.82) is 0 Å². The minimum atomic E-state index is -0.946. The number of aromatic nitrogens is 2. The van der Waals surface area contributed by atoms with Gasteiger partial charge in [0.25, 0.3) is 0 Å². The zero-order valence-electron chi connectivity index (χ0n) is 11.4. The van der Waals surface area contributed by atoms with Crippen LogP contribution in [-0.2, 0) is 13.1 Å². The van der Waals surface area contributed by atoms with E-state index in [-0.39, 0.29) is 5.56 Å². The molecular formula is C16H15N3O2. The van der Waals surface area contributed by atoms with Crippen molar-refractivity contribution in [3.63, 3.8) is 0 Å². The molecule has 0 atom stereocenters. The number of rotatable bonds is 4. The molecule has 106 valence electrons. The van der Waals surface area contributed by atoms with E-state index >= 15 is 0 Å². The third kappa shape index (κ3) is 2.51. The fraction of sp³-hybridized carbons (Fsp3) is 0.125. The highest BCUT2D eigenvalue weighted by Crippen LogP contribution is 2.20. The molecule has 3 N–H and O–H groups in total. The Kier molecular flexibility index (Phi) is 3.41. The number of hydrogen-bond acceptors (Lipinski definition) is 3. The first-order valence-corrected chi connectivity index (χ1v) is 6.65. The number of aromatic carboxylic acids is 1. The van der Waals surface area contributed by atoms with E-state index < -0.39 is 5.97 Å². The van der Waals surface area contributed by atoms with E-state index in [1.807, 2.05) is 34.9 Å². The molecule has 0 radical (unpaired) electrons. The number of carboxylic acids is 1. The lowest BCUT2D eigenvalue weighted by Crippen LogP contribution is -2.09. The molecule has 0 aliphatic heterocycles. The highest BCUT2D eigenvalue weighted by atomic mass is 16.4. The fourth-order valence-corrected chi connectivity index (χ4v) is 2.40. The fourth-order valence-electron chi connectivity index (χ4n) is 2.40. The van der Waals surface area contributed by atoms with Gasteiger partial charge in [0.2, 0.25) is 0 Å². The van der Waals surface area contributed by atoms with Gasteiger partial charge in [-0.3, -0.25) is 0 Å². The smallest absolute Gasteiger partial charge is 0.335 e. The van der Waals surface area contributed by atoms with E-state index in [1.165, 1.54) is 0 Å². The topological polar surface area (TPSA) is 81.1 Å². The molecule has 0 spiro atoms. The molecule has 1 heterocycles. The Morgan fingerprint density at radius 2 is 1.95 bits per heavy atom. The van der Waals surface area contributed by atoms with Crippen molar-refractivity contribution in [1.82, 2.24) is 9.55 Å². The van der Waals surface area contributed by atoms with Gasteiger partial charge >= 0.3 is 5.97 Å². The van der Waals surface area contributed by atoms with Crippen LogP contribution in [0.4, 0.5) is 0 Å². The van der Waals surface area contributed by atoms with Gasteiger partial charge in [0.15, 0.2) is 0 Å². The van der Waals surface area contributed by atoms with Gasteiger partial charge in [-0.15, -0.1) is 0 Å². The monoisotopic (exact) mass is 281 g/mol. The molecule has 0 amide bonds. The number of hydrogen-bond donors (Lipinski definition) is 2. The van der Waals surface area contributed by atoms with Gasteiger partial charge < -0.3 is 15.4 Å². The van der Waals surface area contributed by atoms with Crippen molar-refractivity contribution in [2.24, 2.45) is 5.73 Å². The van der Waals surface area contributed by atoms with E-state index in [1.54, 1.807) is 18.2 Å². The maximum absolute atomic E-state index is 11.1. The normalized spacial score (nSPS) is 10.9. The first-order chi connectivity index (χ1) is 10.2. The summed E-state index contributed by atoms with van der Waals surface area (Å²) in [5.74, 6) is -0.199. The van der Waals surface area contributed by atoms with Crippen LogP contribution >= 0.6 is 0 Å². The van der Waals surface area contributed by atoms with E-state index in [2.05, 4.69) is 4.98 Å². The minimum Gasteiger partial charge on any atom is -0.478 e. The number of nitrogens with two attached hydrogens (primary N) is 1. The Morgan fingerprint density at radius 3 is 2.62 bits per heavy atom. The van der Waals surface area contributed by atoms with E-state index in [0.29, 0.717) is 13.1 Å². The minimum absolute atomic E-state index is 0.250. The summed E-state index contributed by atoms with van der Waals surface area (Å²) in [6.45, 7) is 0.927. The Hall–Kier alpha value is -2.66. The van der Waals surface area contributed by atoms with Crippen molar-refractivity contribution in [2.45, 2.75) is 13.1 Å². The highest BCUT2D eigenvalue weighted by Gasteiger charge is 2.12. The molecule has 3 aromatic rings. The second-order valence-corrected chi connectivity index (χ2v) is 4.81. The summed E-state index contributed by atoms with van der Waals surface area (Å²) in [7, 11) is 0. The quantitative estimate of drug-likeness (QED) is 0.768. The summed E-state index contributed by atoms with van der Waals surface area (Å²) in [6, 6.07) is 14.9. The second-order valence-electron chi connectivity index (χ2n) is 4.81. The Morgan fingerprint density at radius 1 is 1.19 bits per heavy atom. The molecule has 0 unspecified atom stereocenters. The van der Waals surface area contributed by atoms with Gasteiger partial charge in [-0.25, -0.2) is 9.78 Å². The predicted octanol–water partition coefficient (Wildman–Crippen LogP) is 2.24. The number of imidazole rings is 1. The standard InChI is InChI=1S/C16H15N3O2/c17-9-15-18-13-7-6-12(16(20)21)8-14(13)19(15)10-11-4-2-1-3-5-11/h1-8H,9-10,17H2,(H,20,21). The van der Waals surface area contributed by atoms with Crippen LogP contribution in [0, 0.1) is 0 Å². The van der Waals surface area contributed by atoms with Crippen LogP contribution in [0.25, 0.3) is 11.0 Å². The molecule has 1 aromatic heterocycles. The zero-order chi connectivity index (χ0) is 14.8. The average Bonchev–Trinajstić information content (AvgIpc) is 2.85. The maximum Gasteiger partial charge on any atom is 0.335 e. The number of carboxylic acid groups (broad SMARTS) is 1. The van der Waals surface area contributed by atoms with E-state index in [9.17, 15) is 4.79 Å². The first kappa shape index (κ1) is 13.3. The summed E-state index contributed by atoms with van der Waals surface area (Å²) >= 11 is 0. The lowest BCUT2D eigenvalue weighted by molar-refractivity contribution is 0.0697. The van der Waals surface area contributed by atoms with Gasteiger partial charge in [0.05, 0.1) is 23.1 Å². The van der Waals surface area contributed by atoms with Gasteiger partial charge in [0.1, 0.15) is 5.82 Å². The van der Waals surface area contributed by atoms with Crippen LogP contribution in [-0.4, -0.2) is 20.6 Å². The van der Waals surface area contributed by atoms with E-state index in [0.717, 1.165) is 22.4 Å². The van der Waals surface area contributed by atoms with Crippen LogP contribution < -0.4 is 5.73 Å². The van der Waals surface area contributed by atoms with Crippen LogP contribution in [0.3, 0.4) is 0 Å². The number of nitrogens with zero attached hydrogens (tertiary/aromatic N) is 2. The van der Waals surface area contributed by atoms with Crippen LogP contribution in [0.15, 0.2) is 48.5 Å². The van der Waals surface area contributed by atoms with Crippen molar-refractivity contribution < 1.29 is 9.90 Å². The van der Waals surface area contributed by atoms with Crippen LogP contribution in [0.2, 0.25) is 0 Å². The molecule has 0 aliphatic rings. The molecule has 0 fully saturated rings. The molecule has 21 heavy (non-hydrogen) atoms. The predicted molar refractivity (Wildman–Crippen MR) is 80.1 cm³/mol. The highest BCUT2D eigenvalue weighted by molar-refractivity contribution is 5.92. The molecule has 5 heteroatoms. The molecule has 2 aromatic carbocycles.